The van der Waals surface area contributed by atoms with E-state index in [0.717, 1.165) is 14.1 Å². The van der Waals surface area contributed by atoms with E-state index in [2.05, 4.69) is 0 Å². The van der Waals surface area contributed by atoms with Crippen LogP contribution in [-0.4, -0.2) is 40.6 Å². The Kier molecular flexibility index (Phi) is 5.52. The molecule has 2 aromatic rings. The van der Waals surface area contributed by atoms with Gasteiger partial charge in [0.1, 0.15) is 0 Å². The van der Waals surface area contributed by atoms with Crippen LogP contribution in [0.5, 0.6) is 0 Å². The van der Waals surface area contributed by atoms with E-state index in [0.29, 0.717) is 8.61 Å². The molecule has 0 atom stereocenters. The Morgan fingerprint density at radius 3 is 1.35 bits per heavy atom. The Balaban J connectivity index is 2.52. The molecule has 26 heavy (non-hydrogen) atoms. The molecule has 0 spiro atoms. The molecule has 0 aliphatic rings. The molecule has 9 nitrogen and oxygen atoms in total. The largest absolute Gasteiger partial charge is 0.442 e. The van der Waals surface area contributed by atoms with Crippen LogP contribution in [0.25, 0.3) is 0 Å². The molecule has 11 heteroatoms. The van der Waals surface area contributed by atoms with Crippen LogP contribution in [0.1, 0.15) is 0 Å². The highest BCUT2D eigenvalue weighted by atomic mass is 32.3. The summed E-state index contributed by atoms with van der Waals surface area (Å²) < 4.78 is 49.2. The zero-order valence-electron chi connectivity index (χ0n) is 14.0. The molecule has 0 heterocycles. The first kappa shape index (κ1) is 19.7. The molecule has 0 saturated carbocycles. The molecule has 0 fully saturated rings. The molecule has 0 aliphatic carbocycles. The van der Waals surface area contributed by atoms with Gasteiger partial charge in [0.15, 0.2) is 0 Å². The van der Waals surface area contributed by atoms with Gasteiger partial charge in [-0.15, -0.1) is 0 Å². The predicted octanol–water partition coefficient (Wildman–Crippen LogP) is 1.48. The van der Waals surface area contributed by atoms with Gasteiger partial charge in [-0.25, -0.2) is 0 Å². The van der Waals surface area contributed by atoms with E-state index in [9.17, 15) is 26.9 Å². The Bertz CT molecular complexity index is 903. The van der Waals surface area contributed by atoms with E-state index in [1.807, 2.05) is 0 Å². The summed E-state index contributed by atoms with van der Waals surface area (Å²) in [6, 6.07) is 15.0. The standard InChI is InChI=1S/C15H17N3O6S2/c1-16(13-9-5-3-6-10-13)25(21,22)15(18(19)20)26(23,24)17(2)14-11-7-4-8-12-14/h3-12,15H,1-2H3. The van der Waals surface area contributed by atoms with E-state index in [1.54, 1.807) is 12.1 Å². The van der Waals surface area contributed by atoms with Crippen LogP contribution in [0.2, 0.25) is 0 Å². The maximum Gasteiger partial charge on any atom is 0.442 e. The lowest BCUT2D eigenvalue weighted by Crippen LogP contribution is -2.50. The molecular weight excluding hydrogens is 382 g/mol. The summed E-state index contributed by atoms with van der Waals surface area (Å²) in [5.41, 5.74) is 0.217. The highest BCUT2D eigenvalue weighted by molar-refractivity contribution is 8.09. The van der Waals surface area contributed by atoms with Gasteiger partial charge in [0.05, 0.1) is 16.3 Å². The monoisotopic (exact) mass is 399 g/mol. The van der Waals surface area contributed by atoms with Crippen LogP contribution in [0, 0.1) is 10.1 Å². The molecule has 0 amide bonds. The number of nitro groups is 1. The minimum atomic E-state index is -4.86. The number of rotatable bonds is 7. The highest BCUT2D eigenvalue weighted by Gasteiger charge is 2.53. The van der Waals surface area contributed by atoms with Crippen LogP contribution in [-0.2, 0) is 20.0 Å². The van der Waals surface area contributed by atoms with Crippen molar-refractivity contribution in [1.29, 1.82) is 0 Å². The fourth-order valence-electron chi connectivity index (χ4n) is 2.21. The number of hydrogen-bond donors (Lipinski definition) is 0. The van der Waals surface area contributed by atoms with Gasteiger partial charge in [-0.3, -0.25) is 18.7 Å². The van der Waals surface area contributed by atoms with Crippen LogP contribution >= 0.6 is 0 Å². The van der Waals surface area contributed by atoms with Crippen molar-refractivity contribution < 1.29 is 21.8 Å². The van der Waals surface area contributed by atoms with E-state index >= 15 is 0 Å². The zero-order valence-corrected chi connectivity index (χ0v) is 15.6. The minimum absolute atomic E-state index is 0.108. The Morgan fingerprint density at radius 2 is 1.08 bits per heavy atom. The lowest BCUT2D eigenvalue weighted by Gasteiger charge is -2.25. The average Bonchev–Trinajstić information content (AvgIpc) is 2.61. The van der Waals surface area contributed by atoms with Crippen molar-refractivity contribution in [2.75, 3.05) is 22.7 Å². The van der Waals surface area contributed by atoms with Gasteiger partial charge in [-0.2, -0.15) is 16.8 Å². The predicted molar refractivity (Wildman–Crippen MR) is 98.3 cm³/mol. The fourth-order valence-corrected chi connectivity index (χ4v) is 6.02. The number of benzene rings is 2. The summed E-state index contributed by atoms with van der Waals surface area (Å²) in [6.07, 6.45) is 0. The molecule has 0 saturated heterocycles. The van der Waals surface area contributed by atoms with Crippen molar-refractivity contribution in [3.63, 3.8) is 0 Å². The molecule has 0 N–H and O–H groups in total. The molecule has 0 unspecified atom stereocenters. The van der Waals surface area contributed by atoms with E-state index in [4.69, 9.17) is 0 Å². The number of sulfonamides is 2. The Labute approximate surface area is 151 Å². The number of nitrogens with zero attached hydrogens (tertiary/aromatic N) is 3. The van der Waals surface area contributed by atoms with Crippen LogP contribution in [0.3, 0.4) is 0 Å². The summed E-state index contributed by atoms with van der Waals surface area (Å²) in [7, 11) is -7.58. The third-order valence-electron chi connectivity index (χ3n) is 3.68. The third-order valence-corrected chi connectivity index (χ3v) is 8.46. The van der Waals surface area contributed by atoms with E-state index in [1.165, 1.54) is 48.5 Å². The topological polar surface area (TPSA) is 118 Å². The van der Waals surface area contributed by atoms with Crippen molar-refractivity contribution >= 4 is 31.4 Å². The molecular formula is C15H17N3O6S2. The molecule has 2 rings (SSSR count). The maximum absolute atomic E-state index is 12.7. The van der Waals surface area contributed by atoms with Gasteiger partial charge in [0, 0.05) is 14.1 Å². The quantitative estimate of drug-likeness (QED) is 0.514. The number of hydrogen-bond acceptors (Lipinski definition) is 6. The van der Waals surface area contributed by atoms with Crippen molar-refractivity contribution in [2.45, 2.75) is 4.71 Å². The van der Waals surface area contributed by atoms with E-state index < -0.39 is 29.7 Å². The van der Waals surface area contributed by atoms with Crippen molar-refractivity contribution in [3.05, 3.63) is 70.8 Å². The Hall–Kier alpha value is -2.66. The number of para-hydroxylation sites is 2. The van der Waals surface area contributed by atoms with Crippen LogP contribution < -0.4 is 8.61 Å². The first-order valence-electron chi connectivity index (χ1n) is 7.29. The number of anilines is 2. The SMILES string of the molecule is CN(c1ccccc1)S(=O)(=O)C([N+](=O)[O-])S(=O)(=O)N(C)c1ccccc1. The normalized spacial score (nSPS) is 12.0. The summed E-state index contributed by atoms with van der Waals surface area (Å²) in [5, 5.41) is 11.5. The van der Waals surface area contributed by atoms with Gasteiger partial charge in [0.2, 0.25) is 0 Å². The van der Waals surface area contributed by atoms with Gasteiger partial charge < -0.3 is 0 Å². The minimum Gasteiger partial charge on any atom is -0.267 e. The smallest absolute Gasteiger partial charge is 0.267 e. The van der Waals surface area contributed by atoms with Crippen molar-refractivity contribution in [2.24, 2.45) is 0 Å². The summed E-state index contributed by atoms with van der Waals surface area (Å²) >= 11 is 0. The second kappa shape index (κ2) is 7.30. The van der Waals surface area contributed by atoms with E-state index in [-0.39, 0.29) is 11.4 Å². The second-order valence-electron chi connectivity index (χ2n) is 5.29. The molecule has 0 bridgehead atoms. The molecule has 0 aliphatic heterocycles. The average molecular weight is 399 g/mol. The molecule has 140 valence electrons. The van der Waals surface area contributed by atoms with Gasteiger partial charge in [-0.1, -0.05) is 36.4 Å². The maximum atomic E-state index is 12.7. The molecule has 0 aromatic heterocycles. The Morgan fingerprint density at radius 1 is 0.769 bits per heavy atom. The first-order valence-corrected chi connectivity index (χ1v) is 10.3. The zero-order chi connectivity index (χ0) is 19.5. The fraction of sp³-hybridized carbons (Fsp3) is 0.200. The third kappa shape index (κ3) is 3.63. The van der Waals surface area contributed by atoms with Crippen molar-refractivity contribution in [1.82, 2.24) is 0 Å². The lowest BCUT2D eigenvalue weighted by molar-refractivity contribution is -0.474. The van der Waals surface area contributed by atoms with Crippen LogP contribution in [0.15, 0.2) is 60.7 Å². The summed E-state index contributed by atoms with van der Waals surface area (Å²) in [5.74, 6) is 0. The van der Waals surface area contributed by atoms with Crippen LogP contribution in [0.4, 0.5) is 11.4 Å². The highest BCUT2D eigenvalue weighted by Crippen LogP contribution is 2.26. The van der Waals surface area contributed by atoms with Gasteiger partial charge in [0.25, 0.3) is 0 Å². The lowest BCUT2D eigenvalue weighted by atomic mass is 10.3. The van der Waals surface area contributed by atoms with Gasteiger partial charge in [-0.05, 0) is 24.3 Å². The molecule has 2 aromatic carbocycles. The molecule has 0 radical (unpaired) electrons. The first-order chi connectivity index (χ1) is 12.1. The van der Waals surface area contributed by atoms with Gasteiger partial charge >= 0.3 is 24.8 Å². The summed E-state index contributed by atoms with van der Waals surface area (Å²) in [6.45, 7) is 0. The van der Waals surface area contributed by atoms with Crippen molar-refractivity contribution in [3.8, 4) is 0 Å². The second-order valence-corrected chi connectivity index (χ2v) is 9.64. The summed E-state index contributed by atoms with van der Waals surface area (Å²) in [4.78, 5) is 10.1.